The summed E-state index contributed by atoms with van der Waals surface area (Å²) in [5.74, 6) is -1.32. The molecule has 10 heteroatoms. The largest absolute Gasteiger partial charge is 0.463 e. The lowest BCUT2D eigenvalue weighted by molar-refractivity contribution is -0.159. The van der Waals surface area contributed by atoms with Crippen LogP contribution in [-0.4, -0.2) is 62.0 Å². The number of hydrogen-bond donors (Lipinski definition) is 3. The van der Waals surface area contributed by atoms with Crippen molar-refractivity contribution in [3.63, 3.8) is 0 Å². The van der Waals surface area contributed by atoms with Crippen LogP contribution in [0.4, 0.5) is 16.2 Å². The van der Waals surface area contributed by atoms with Crippen molar-refractivity contribution in [2.45, 2.75) is 26.5 Å². The summed E-state index contributed by atoms with van der Waals surface area (Å²) in [7, 11) is 3.90. The molecule has 0 aliphatic heterocycles. The van der Waals surface area contributed by atoms with Crippen molar-refractivity contribution in [3.8, 4) is 0 Å². The molecule has 0 radical (unpaired) electrons. The highest BCUT2D eigenvalue weighted by Crippen LogP contribution is 2.16. The number of nitrogens with one attached hydrogen (secondary N) is 2. The summed E-state index contributed by atoms with van der Waals surface area (Å²) in [6.45, 7) is 3.33. The summed E-state index contributed by atoms with van der Waals surface area (Å²) in [6.07, 6.45) is 1.96. The number of hydroxylamine groups is 2. The average Bonchev–Trinajstić information content (AvgIpc) is 2.87. The molecule has 0 fully saturated rings. The molecule has 0 aliphatic carbocycles. The molecule has 2 aromatic carbocycles. The Hall–Kier alpha value is -3.89. The second kappa shape index (κ2) is 15.2. The van der Waals surface area contributed by atoms with Crippen LogP contribution in [0.15, 0.2) is 60.7 Å². The van der Waals surface area contributed by atoms with Crippen molar-refractivity contribution in [2.75, 3.05) is 44.0 Å². The predicted molar refractivity (Wildman–Crippen MR) is 137 cm³/mol. The van der Waals surface area contributed by atoms with E-state index in [-0.39, 0.29) is 19.8 Å². The number of rotatable bonds is 13. The fourth-order valence-electron chi connectivity index (χ4n) is 3.01. The fourth-order valence-corrected chi connectivity index (χ4v) is 3.01. The van der Waals surface area contributed by atoms with E-state index in [1.54, 1.807) is 6.92 Å². The molecule has 0 unspecified atom stereocenters. The third-order valence-electron chi connectivity index (χ3n) is 4.98. The quantitative estimate of drug-likeness (QED) is 0.126. The molecule has 0 bridgehead atoms. The minimum absolute atomic E-state index is 0.122. The van der Waals surface area contributed by atoms with E-state index in [4.69, 9.17) is 4.74 Å². The van der Waals surface area contributed by atoms with Gasteiger partial charge in [-0.15, -0.1) is 0 Å². The van der Waals surface area contributed by atoms with Gasteiger partial charge in [-0.25, -0.2) is 14.7 Å². The minimum atomic E-state index is -0.684. The van der Waals surface area contributed by atoms with Gasteiger partial charge < -0.3 is 19.7 Å². The van der Waals surface area contributed by atoms with Gasteiger partial charge in [-0.1, -0.05) is 24.3 Å². The first-order chi connectivity index (χ1) is 17.3. The maximum atomic E-state index is 12.0. The monoisotopic (exact) mass is 498 g/mol. The molecule has 10 nitrogen and oxygen atoms in total. The molecule has 0 heterocycles. The van der Waals surface area contributed by atoms with E-state index in [0.717, 1.165) is 29.0 Å². The molecule has 0 saturated heterocycles. The standard InChI is InChI=1S/C26H34N4O6/c1-4-35-25(32)15-14-24(31)30(34)17-5-16-27-18-20-6-8-21(9-7-20)19-36-26(33)28-22-10-12-23(13-11-22)29(2)3/h6-15,27,34H,4-5,16-19H2,1-3H3,(H,28,33)/b15-14+. The number of carbonyl (C=O) groups is 3. The highest BCUT2D eigenvalue weighted by atomic mass is 16.5. The summed E-state index contributed by atoms with van der Waals surface area (Å²) in [5.41, 5.74) is 3.60. The average molecular weight is 499 g/mol. The first kappa shape index (κ1) is 28.3. The third-order valence-corrected chi connectivity index (χ3v) is 4.98. The van der Waals surface area contributed by atoms with E-state index >= 15 is 0 Å². The van der Waals surface area contributed by atoms with Gasteiger partial charge >= 0.3 is 12.1 Å². The Morgan fingerprint density at radius 1 is 0.944 bits per heavy atom. The number of carbonyl (C=O) groups excluding carboxylic acids is 3. The molecule has 3 N–H and O–H groups in total. The summed E-state index contributed by atoms with van der Waals surface area (Å²) < 4.78 is 9.96. The number of amides is 2. The van der Waals surface area contributed by atoms with Gasteiger partial charge in [0.15, 0.2) is 0 Å². The van der Waals surface area contributed by atoms with Crippen LogP contribution in [0.3, 0.4) is 0 Å². The van der Waals surface area contributed by atoms with Gasteiger partial charge in [0.05, 0.1) is 6.61 Å². The summed E-state index contributed by atoms with van der Waals surface area (Å²) in [4.78, 5) is 36.9. The number of anilines is 2. The Balaban J connectivity index is 1.63. The van der Waals surface area contributed by atoms with E-state index in [2.05, 4.69) is 15.4 Å². The Labute approximate surface area is 211 Å². The number of benzene rings is 2. The first-order valence-corrected chi connectivity index (χ1v) is 11.6. The van der Waals surface area contributed by atoms with Crippen LogP contribution in [0.2, 0.25) is 0 Å². The molecule has 0 spiro atoms. The summed E-state index contributed by atoms with van der Waals surface area (Å²) in [6, 6.07) is 15.1. The minimum Gasteiger partial charge on any atom is -0.463 e. The normalized spacial score (nSPS) is 10.7. The molecule has 0 saturated carbocycles. The number of ether oxygens (including phenoxy) is 2. The second-order valence-corrected chi connectivity index (χ2v) is 8.04. The van der Waals surface area contributed by atoms with Gasteiger partial charge in [0.1, 0.15) is 6.61 Å². The zero-order valence-corrected chi connectivity index (χ0v) is 20.9. The van der Waals surface area contributed by atoms with E-state index in [9.17, 15) is 19.6 Å². The lowest BCUT2D eigenvalue weighted by Gasteiger charge is -2.13. The molecule has 0 aliphatic rings. The van der Waals surface area contributed by atoms with Crippen LogP contribution < -0.4 is 15.5 Å². The van der Waals surface area contributed by atoms with Gasteiger partial charge in [-0.3, -0.25) is 15.3 Å². The lowest BCUT2D eigenvalue weighted by Crippen LogP contribution is -2.29. The van der Waals surface area contributed by atoms with Crippen LogP contribution in [-0.2, 0) is 32.2 Å². The number of hydrogen-bond acceptors (Lipinski definition) is 8. The van der Waals surface area contributed by atoms with E-state index in [0.29, 0.717) is 30.3 Å². The second-order valence-electron chi connectivity index (χ2n) is 8.04. The highest BCUT2D eigenvalue weighted by molar-refractivity contribution is 5.94. The van der Waals surface area contributed by atoms with Crippen molar-refractivity contribution in [1.29, 1.82) is 0 Å². The first-order valence-electron chi connectivity index (χ1n) is 11.6. The zero-order valence-electron chi connectivity index (χ0n) is 20.9. The SMILES string of the molecule is CCOC(=O)/C=C/C(=O)N(O)CCCNCc1ccc(COC(=O)Nc2ccc(N(C)C)cc2)cc1. The molecule has 2 aromatic rings. The van der Waals surface area contributed by atoms with Crippen LogP contribution in [0, 0.1) is 0 Å². The summed E-state index contributed by atoms with van der Waals surface area (Å²) >= 11 is 0. The Bertz CT molecular complexity index is 1010. The van der Waals surface area contributed by atoms with Crippen molar-refractivity contribution in [3.05, 3.63) is 71.8 Å². The van der Waals surface area contributed by atoms with Crippen LogP contribution in [0.1, 0.15) is 24.5 Å². The van der Waals surface area contributed by atoms with Crippen LogP contribution >= 0.6 is 0 Å². The van der Waals surface area contributed by atoms with E-state index < -0.39 is 18.0 Å². The Morgan fingerprint density at radius 3 is 2.25 bits per heavy atom. The van der Waals surface area contributed by atoms with Crippen molar-refractivity contribution in [2.24, 2.45) is 0 Å². The maximum absolute atomic E-state index is 12.0. The van der Waals surface area contributed by atoms with E-state index in [1.807, 2.05) is 67.5 Å². The van der Waals surface area contributed by atoms with Gasteiger partial charge in [-0.05, 0) is 55.3 Å². The van der Waals surface area contributed by atoms with Gasteiger partial charge in [-0.2, -0.15) is 0 Å². The number of nitrogens with zero attached hydrogens (tertiary/aromatic N) is 2. The molecule has 0 aromatic heterocycles. The Morgan fingerprint density at radius 2 is 1.61 bits per heavy atom. The molecule has 36 heavy (non-hydrogen) atoms. The zero-order chi connectivity index (χ0) is 26.3. The molecule has 2 rings (SSSR count). The van der Waals surface area contributed by atoms with Gasteiger partial charge in [0, 0.05) is 50.7 Å². The molecular formula is C26H34N4O6. The molecule has 2 amide bonds. The summed E-state index contributed by atoms with van der Waals surface area (Å²) in [5, 5.41) is 16.2. The fraction of sp³-hybridized carbons (Fsp3) is 0.346. The van der Waals surface area contributed by atoms with Crippen molar-refractivity contribution < 1.29 is 29.1 Å². The molecule has 0 atom stereocenters. The van der Waals surface area contributed by atoms with Crippen molar-refractivity contribution in [1.82, 2.24) is 10.4 Å². The topological polar surface area (TPSA) is 120 Å². The highest BCUT2D eigenvalue weighted by Gasteiger charge is 2.08. The smallest absolute Gasteiger partial charge is 0.411 e. The Kier molecular flexibility index (Phi) is 12.0. The third kappa shape index (κ3) is 10.6. The lowest BCUT2D eigenvalue weighted by atomic mass is 10.1. The maximum Gasteiger partial charge on any atom is 0.411 e. The van der Waals surface area contributed by atoms with Gasteiger partial charge in [0.2, 0.25) is 0 Å². The van der Waals surface area contributed by atoms with Crippen molar-refractivity contribution >= 4 is 29.3 Å². The van der Waals surface area contributed by atoms with Crippen LogP contribution in [0.25, 0.3) is 0 Å². The van der Waals surface area contributed by atoms with Crippen LogP contribution in [0.5, 0.6) is 0 Å². The number of esters is 1. The van der Waals surface area contributed by atoms with E-state index in [1.165, 1.54) is 0 Å². The predicted octanol–water partition coefficient (Wildman–Crippen LogP) is 3.32. The molecule has 194 valence electrons. The molecular weight excluding hydrogens is 464 g/mol. The van der Waals surface area contributed by atoms with Gasteiger partial charge in [0.25, 0.3) is 5.91 Å².